The van der Waals surface area contributed by atoms with E-state index in [4.69, 9.17) is 14.5 Å². The Morgan fingerprint density at radius 3 is 3.29 bits per heavy atom. The van der Waals surface area contributed by atoms with Gasteiger partial charge in [0.1, 0.15) is 17.6 Å². The molecule has 2 aliphatic heterocycles. The van der Waals surface area contributed by atoms with Gasteiger partial charge in [-0.3, -0.25) is 9.79 Å². The number of aliphatic imine (C=N–C) groups is 1. The topological polar surface area (TPSA) is 47.9 Å². The molecule has 17 heavy (non-hydrogen) atoms. The van der Waals surface area contributed by atoms with Crippen molar-refractivity contribution < 1.29 is 14.3 Å². The largest absolute Gasteiger partial charge is 0.463 e. The van der Waals surface area contributed by atoms with Gasteiger partial charge in [0.05, 0.1) is 11.7 Å². The summed E-state index contributed by atoms with van der Waals surface area (Å²) in [6, 6.07) is 0. The van der Waals surface area contributed by atoms with Crippen molar-refractivity contribution in [2.75, 3.05) is 13.2 Å². The number of esters is 1. The summed E-state index contributed by atoms with van der Waals surface area (Å²) in [5.41, 5.74) is -0.549. The molecule has 0 aromatic rings. The molecular formula is C12H17NO3S. The van der Waals surface area contributed by atoms with Crippen molar-refractivity contribution >= 4 is 22.8 Å². The van der Waals surface area contributed by atoms with E-state index in [9.17, 15) is 4.79 Å². The first-order valence-corrected chi connectivity index (χ1v) is 6.72. The van der Waals surface area contributed by atoms with Crippen LogP contribution in [-0.4, -0.2) is 35.2 Å². The Kier molecular flexibility index (Phi) is 3.89. The molecule has 2 heterocycles. The molecule has 0 aromatic carbocycles. The molecule has 5 heteroatoms. The minimum Gasteiger partial charge on any atom is -0.463 e. The van der Waals surface area contributed by atoms with Crippen molar-refractivity contribution in [3.05, 3.63) is 12.2 Å². The average Bonchev–Trinajstić information content (AvgIpc) is 2.65. The minimum absolute atomic E-state index is 0.0478. The number of carbonyl (C=O) groups is 1. The maximum Gasteiger partial charge on any atom is 0.302 e. The normalized spacial score (nSPS) is 30.9. The zero-order chi connectivity index (χ0) is 12.3. The third-order valence-corrected chi connectivity index (χ3v) is 4.03. The van der Waals surface area contributed by atoms with Gasteiger partial charge >= 0.3 is 5.97 Å². The van der Waals surface area contributed by atoms with E-state index < -0.39 is 5.54 Å². The number of fused-ring (bicyclic) bond motifs is 1. The van der Waals surface area contributed by atoms with Crippen molar-refractivity contribution in [1.82, 2.24) is 0 Å². The summed E-state index contributed by atoms with van der Waals surface area (Å²) in [7, 11) is 0. The number of nitrogens with zero attached hydrogens (tertiary/aromatic N) is 1. The molecule has 0 amide bonds. The van der Waals surface area contributed by atoms with Gasteiger partial charge in [-0.15, -0.1) is 0 Å². The van der Waals surface area contributed by atoms with Gasteiger partial charge in [-0.05, 0) is 6.42 Å². The summed E-state index contributed by atoms with van der Waals surface area (Å²) in [4.78, 5) is 15.6. The maximum atomic E-state index is 10.9. The first-order valence-electron chi connectivity index (χ1n) is 5.84. The molecule has 0 fully saturated rings. The van der Waals surface area contributed by atoms with Crippen LogP contribution in [0.5, 0.6) is 0 Å². The summed E-state index contributed by atoms with van der Waals surface area (Å²) in [6.45, 7) is 4.41. The van der Waals surface area contributed by atoms with E-state index in [1.165, 1.54) is 6.92 Å². The fraction of sp³-hybridized carbons (Fsp3) is 0.667. The zero-order valence-electron chi connectivity index (χ0n) is 10.1. The van der Waals surface area contributed by atoms with Gasteiger partial charge in [-0.1, -0.05) is 37.3 Å². The van der Waals surface area contributed by atoms with Crippen molar-refractivity contribution in [3.63, 3.8) is 0 Å². The molecule has 0 N–H and O–H groups in total. The van der Waals surface area contributed by atoms with E-state index in [2.05, 4.69) is 6.92 Å². The minimum atomic E-state index is -0.501. The Balaban J connectivity index is 2.14. The second-order valence-electron chi connectivity index (χ2n) is 4.21. The van der Waals surface area contributed by atoms with Crippen LogP contribution in [0.2, 0.25) is 0 Å². The van der Waals surface area contributed by atoms with Gasteiger partial charge in [0.25, 0.3) is 0 Å². The van der Waals surface area contributed by atoms with Crippen molar-refractivity contribution in [2.24, 2.45) is 4.99 Å². The summed E-state index contributed by atoms with van der Waals surface area (Å²) in [5, 5.41) is 1.09. The first-order chi connectivity index (χ1) is 8.16. The SMILES string of the molecule is CCCC1=NC2(COC(C)=O)C=CCOC2S1. The predicted octanol–water partition coefficient (Wildman–Crippen LogP) is 2.15. The van der Waals surface area contributed by atoms with E-state index >= 15 is 0 Å². The lowest BCUT2D eigenvalue weighted by molar-refractivity contribution is -0.143. The molecule has 0 bridgehead atoms. The molecule has 4 nitrogen and oxygen atoms in total. The van der Waals surface area contributed by atoms with Gasteiger partial charge < -0.3 is 9.47 Å². The summed E-state index contributed by atoms with van der Waals surface area (Å²) >= 11 is 1.65. The molecule has 2 aliphatic rings. The first kappa shape index (κ1) is 12.6. The standard InChI is InChI=1S/C12H17NO3S/c1-3-5-10-13-12(8-16-9(2)14)6-4-7-15-11(12)17-10/h4,6,11H,3,5,7-8H2,1-2H3. The van der Waals surface area contributed by atoms with E-state index in [1.54, 1.807) is 11.8 Å². The number of hydrogen-bond donors (Lipinski definition) is 0. The second kappa shape index (κ2) is 5.23. The molecule has 0 aliphatic carbocycles. The third kappa shape index (κ3) is 2.72. The number of rotatable bonds is 4. The van der Waals surface area contributed by atoms with E-state index in [0.29, 0.717) is 6.61 Å². The van der Waals surface area contributed by atoms with E-state index in [0.717, 1.165) is 17.9 Å². The monoisotopic (exact) mass is 255 g/mol. The molecule has 0 radical (unpaired) electrons. The van der Waals surface area contributed by atoms with Crippen molar-refractivity contribution in [2.45, 2.75) is 37.7 Å². The smallest absolute Gasteiger partial charge is 0.302 e. The molecule has 0 spiro atoms. The Hall–Kier alpha value is -0.810. The Bertz CT molecular complexity index is 367. The highest BCUT2D eigenvalue weighted by molar-refractivity contribution is 8.14. The van der Waals surface area contributed by atoms with Crippen LogP contribution in [0, 0.1) is 0 Å². The molecule has 2 atom stereocenters. The van der Waals surface area contributed by atoms with Gasteiger partial charge in [0.15, 0.2) is 0 Å². The van der Waals surface area contributed by atoms with Crippen LogP contribution >= 0.6 is 11.8 Å². The summed E-state index contributed by atoms with van der Waals surface area (Å²) in [5.74, 6) is -0.277. The van der Waals surface area contributed by atoms with Crippen LogP contribution in [0.15, 0.2) is 17.1 Å². The predicted molar refractivity (Wildman–Crippen MR) is 68.2 cm³/mol. The van der Waals surface area contributed by atoms with Crippen LogP contribution < -0.4 is 0 Å². The zero-order valence-corrected chi connectivity index (χ0v) is 11.0. The lowest BCUT2D eigenvalue weighted by atomic mass is 10.0. The van der Waals surface area contributed by atoms with Gasteiger partial charge in [-0.25, -0.2) is 0 Å². The Labute approximate surface area is 105 Å². The van der Waals surface area contributed by atoms with Crippen LogP contribution in [-0.2, 0) is 14.3 Å². The van der Waals surface area contributed by atoms with Crippen molar-refractivity contribution in [1.29, 1.82) is 0 Å². The van der Waals surface area contributed by atoms with Gasteiger partial charge in [-0.2, -0.15) is 0 Å². The maximum absolute atomic E-state index is 10.9. The molecule has 2 rings (SSSR count). The molecule has 0 saturated carbocycles. The van der Waals surface area contributed by atoms with Crippen molar-refractivity contribution in [3.8, 4) is 0 Å². The molecule has 2 unspecified atom stereocenters. The van der Waals surface area contributed by atoms with Crippen LogP contribution in [0.3, 0.4) is 0 Å². The molecular weight excluding hydrogens is 238 g/mol. The van der Waals surface area contributed by atoms with Crippen LogP contribution in [0.4, 0.5) is 0 Å². The third-order valence-electron chi connectivity index (χ3n) is 2.70. The molecule has 94 valence electrons. The lowest BCUT2D eigenvalue weighted by Gasteiger charge is -2.31. The quantitative estimate of drug-likeness (QED) is 0.570. The Morgan fingerprint density at radius 2 is 2.59 bits per heavy atom. The molecule has 0 aromatic heterocycles. The van der Waals surface area contributed by atoms with Crippen LogP contribution in [0.1, 0.15) is 26.7 Å². The lowest BCUT2D eigenvalue weighted by Crippen LogP contribution is -2.43. The Morgan fingerprint density at radius 1 is 1.76 bits per heavy atom. The second-order valence-corrected chi connectivity index (χ2v) is 5.35. The fourth-order valence-electron chi connectivity index (χ4n) is 1.92. The highest BCUT2D eigenvalue weighted by Gasteiger charge is 2.46. The van der Waals surface area contributed by atoms with E-state index in [1.807, 2.05) is 12.2 Å². The average molecular weight is 255 g/mol. The number of thioether (sulfide) groups is 1. The highest BCUT2D eigenvalue weighted by Crippen LogP contribution is 2.41. The summed E-state index contributed by atoms with van der Waals surface area (Å²) in [6.07, 6.45) is 5.98. The number of carbonyl (C=O) groups excluding carboxylic acids is 1. The summed E-state index contributed by atoms with van der Waals surface area (Å²) < 4.78 is 10.8. The van der Waals surface area contributed by atoms with Gasteiger partial charge in [0, 0.05) is 6.92 Å². The fourth-order valence-corrected chi connectivity index (χ4v) is 3.26. The van der Waals surface area contributed by atoms with Gasteiger partial charge in [0.2, 0.25) is 0 Å². The van der Waals surface area contributed by atoms with Crippen LogP contribution in [0.25, 0.3) is 0 Å². The molecule has 0 saturated heterocycles. The number of ether oxygens (including phenoxy) is 2. The number of hydrogen-bond acceptors (Lipinski definition) is 5. The highest BCUT2D eigenvalue weighted by atomic mass is 32.2. The van der Waals surface area contributed by atoms with E-state index in [-0.39, 0.29) is 18.0 Å².